The van der Waals surface area contributed by atoms with Gasteiger partial charge in [-0.2, -0.15) is 0 Å². The third-order valence-corrected chi connectivity index (χ3v) is 2.10. The van der Waals surface area contributed by atoms with Crippen LogP contribution in [-0.4, -0.2) is 30.5 Å². The third-order valence-electron chi connectivity index (χ3n) is 2.10. The largest absolute Gasteiger partial charge is 0.480 e. The highest BCUT2D eigenvalue weighted by Gasteiger charge is 1.99. The van der Waals surface area contributed by atoms with Gasteiger partial charge in [0.2, 0.25) is 5.88 Å². The highest BCUT2D eigenvalue weighted by atomic mass is 16.5. The number of aromatic nitrogens is 2. The lowest BCUT2D eigenvalue weighted by atomic mass is 10.3. The molecule has 0 saturated carbocycles. The summed E-state index contributed by atoms with van der Waals surface area (Å²) in [7, 11) is 3.45. The number of methoxy groups -OCH3 is 1. The van der Waals surface area contributed by atoms with Crippen molar-refractivity contribution in [2.24, 2.45) is 0 Å². The van der Waals surface area contributed by atoms with Gasteiger partial charge >= 0.3 is 0 Å². The fourth-order valence-corrected chi connectivity index (χ4v) is 1.26. The number of rotatable bonds is 6. The SMILES string of the molecule is CNCCCCn1nc(OC)ccc1=O. The maximum Gasteiger partial charge on any atom is 0.266 e. The van der Waals surface area contributed by atoms with E-state index in [-0.39, 0.29) is 5.56 Å². The number of hydrogen-bond donors (Lipinski definition) is 1. The van der Waals surface area contributed by atoms with Crippen LogP contribution in [0.25, 0.3) is 0 Å². The first kappa shape index (κ1) is 11.7. The van der Waals surface area contributed by atoms with E-state index in [2.05, 4.69) is 10.4 Å². The second-order valence-electron chi connectivity index (χ2n) is 3.25. The van der Waals surface area contributed by atoms with Crippen LogP contribution < -0.4 is 15.6 Å². The molecule has 1 heterocycles. The molecule has 0 saturated heterocycles. The summed E-state index contributed by atoms with van der Waals surface area (Å²) in [6.45, 7) is 1.59. The van der Waals surface area contributed by atoms with Crippen molar-refractivity contribution in [3.8, 4) is 5.88 Å². The highest BCUT2D eigenvalue weighted by molar-refractivity contribution is 5.05. The molecule has 0 amide bonds. The molecule has 1 aromatic heterocycles. The lowest BCUT2D eigenvalue weighted by Gasteiger charge is -2.05. The van der Waals surface area contributed by atoms with Crippen LogP contribution in [0.15, 0.2) is 16.9 Å². The average Bonchev–Trinajstić information content (AvgIpc) is 2.26. The molecule has 0 aliphatic carbocycles. The van der Waals surface area contributed by atoms with Crippen LogP contribution in [0.2, 0.25) is 0 Å². The van der Waals surface area contributed by atoms with Crippen molar-refractivity contribution >= 4 is 0 Å². The predicted octanol–water partition coefficient (Wildman–Crippen LogP) is 0.251. The Morgan fingerprint density at radius 2 is 2.27 bits per heavy atom. The summed E-state index contributed by atoms with van der Waals surface area (Å²) < 4.78 is 6.39. The Bertz CT molecular complexity index is 349. The van der Waals surface area contributed by atoms with Gasteiger partial charge in [0.15, 0.2) is 0 Å². The van der Waals surface area contributed by atoms with Gasteiger partial charge in [-0.25, -0.2) is 4.68 Å². The Kier molecular flexibility index (Phi) is 4.83. The molecule has 1 N–H and O–H groups in total. The monoisotopic (exact) mass is 211 g/mol. The minimum Gasteiger partial charge on any atom is -0.480 e. The van der Waals surface area contributed by atoms with Crippen LogP contribution in [0.1, 0.15) is 12.8 Å². The molecule has 0 atom stereocenters. The van der Waals surface area contributed by atoms with Gasteiger partial charge in [0.05, 0.1) is 7.11 Å². The lowest BCUT2D eigenvalue weighted by molar-refractivity contribution is 0.373. The fourth-order valence-electron chi connectivity index (χ4n) is 1.26. The zero-order valence-electron chi connectivity index (χ0n) is 9.19. The summed E-state index contributed by atoms with van der Waals surface area (Å²) >= 11 is 0. The van der Waals surface area contributed by atoms with E-state index in [1.54, 1.807) is 6.07 Å². The third kappa shape index (κ3) is 3.71. The molecular weight excluding hydrogens is 194 g/mol. The van der Waals surface area contributed by atoms with Gasteiger partial charge in [0, 0.05) is 18.7 Å². The molecule has 0 unspecified atom stereocenters. The molecule has 0 aliphatic heterocycles. The van der Waals surface area contributed by atoms with Crippen LogP contribution >= 0.6 is 0 Å². The smallest absolute Gasteiger partial charge is 0.266 e. The molecule has 0 fully saturated rings. The topological polar surface area (TPSA) is 56.1 Å². The van der Waals surface area contributed by atoms with Crippen LogP contribution in [0.4, 0.5) is 0 Å². The van der Waals surface area contributed by atoms with Gasteiger partial charge in [-0.05, 0) is 26.4 Å². The molecule has 1 rings (SSSR count). The summed E-state index contributed by atoms with van der Waals surface area (Å²) in [4.78, 5) is 11.4. The average molecular weight is 211 g/mol. The second kappa shape index (κ2) is 6.19. The minimum absolute atomic E-state index is 0.0831. The van der Waals surface area contributed by atoms with Crippen molar-refractivity contribution in [2.45, 2.75) is 19.4 Å². The summed E-state index contributed by atoms with van der Waals surface area (Å²) in [5, 5.41) is 7.11. The van der Waals surface area contributed by atoms with E-state index in [0.29, 0.717) is 12.4 Å². The van der Waals surface area contributed by atoms with E-state index in [9.17, 15) is 4.79 Å². The minimum atomic E-state index is -0.0831. The van der Waals surface area contributed by atoms with E-state index in [1.165, 1.54) is 17.9 Å². The summed E-state index contributed by atoms with van der Waals surface area (Å²) in [6.07, 6.45) is 1.96. The molecule has 0 radical (unpaired) electrons. The maximum absolute atomic E-state index is 11.4. The molecule has 1 aromatic rings. The lowest BCUT2D eigenvalue weighted by Crippen LogP contribution is -2.22. The van der Waals surface area contributed by atoms with Crippen molar-refractivity contribution < 1.29 is 4.74 Å². The van der Waals surface area contributed by atoms with Crippen molar-refractivity contribution in [2.75, 3.05) is 20.7 Å². The molecule has 15 heavy (non-hydrogen) atoms. The number of ether oxygens (including phenoxy) is 1. The predicted molar refractivity (Wildman–Crippen MR) is 58.2 cm³/mol. The molecule has 0 bridgehead atoms. The quantitative estimate of drug-likeness (QED) is 0.685. The molecule has 5 nitrogen and oxygen atoms in total. The van der Waals surface area contributed by atoms with Crippen molar-refractivity contribution in [1.29, 1.82) is 0 Å². The second-order valence-corrected chi connectivity index (χ2v) is 3.25. The van der Waals surface area contributed by atoms with E-state index >= 15 is 0 Å². The van der Waals surface area contributed by atoms with Crippen LogP contribution in [0, 0.1) is 0 Å². The zero-order chi connectivity index (χ0) is 11.1. The van der Waals surface area contributed by atoms with Gasteiger partial charge in [0.25, 0.3) is 5.56 Å². The van der Waals surface area contributed by atoms with E-state index in [1.807, 2.05) is 7.05 Å². The van der Waals surface area contributed by atoms with Crippen molar-refractivity contribution in [3.63, 3.8) is 0 Å². The number of hydrogen-bond acceptors (Lipinski definition) is 4. The Hall–Kier alpha value is -1.36. The van der Waals surface area contributed by atoms with Crippen LogP contribution in [0.5, 0.6) is 5.88 Å². The summed E-state index contributed by atoms with van der Waals surface area (Å²) in [5.41, 5.74) is -0.0831. The first-order valence-electron chi connectivity index (χ1n) is 5.04. The van der Waals surface area contributed by atoms with Crippen molar-refractivity contribution in [1.82, 2.24) is 15.1 Å². The Morgan fingerprint density at radius 1 is 1.47 bits per heavy atom. The molecule has 0 aromatic carbocycles. The number of aryl methyl sites for hydroxylation is 1. The Labute approximate surface area is 89.1 Å². The zero-order valence-corrected chi connectivity index (χ0v) is 9.19. The van der Waals surface area contributed by atoms with Gasteiger partial charge in [-0.3, -0.25) is 4.79 Å². The summed E-state index contributed by atoms with van der Waals surface area (Å²) in [5.74, 6) is 0.475. The highest BCUT2D eigenvalue weighted by Crippen LogP contribution is 2.00. The first-order chi connectivity index (χ1) is 7.27. The standard InChI is InChI=1S/C10H17N3O2/c1-11-7-3-4-8-13-10(14)6-5-9(12-13)15-2/h5-6,11H,3-4,7-8H2,1-2H3. The van der Waals surface area contributed by atoms with Gasteiger partial charge in [-0.15, -0.1) is 5.10 Å². The van der Waals surface area contributed by atoms with Gasteiger partial charge in [0.1, 0.15) is 0 Å². The molecule has 0 aliphatic rings. The molecular formula is C10H17N3O2. The van der Waals surface area contributed by atoms with Crippen molar-refractivity contribution in [3.05, 3.63) is 22.5 Å². The van der Waals surface area contributed by atoms with E-state index < -0.39 is 0 Å². The Balaban J connectivity index is 2.55. The van der Waals surface area contributed by atoms with Gasteiger partial charge in [-0.1, -0.05) is 0 Å². The fraction of sp³-hybridized carbons (Fsp3) is 0.600. The van der Waals surface area contributed by atoms with Crippen LogP contribution in [-0.2, 0) is 6.54 Å². The number of nitrogens with one attached hydrogen (secondary N) is 1. The van der Waals surface area contributed by atoms with E-state index in [0.717, 1.165) is 19.4 Å². The first-order valence-corrected chi connectivity index (χ1v) is 5.04. The maximum atomic E-state index is 11.4. The normalized spacial score (nSPS) is 10.3. The Morgan fingerprint density at radius 3 is 2.93 bits per heavy atom. The summed E-state index contributed by atoms with van der Waals surface area (Å²) in [6, 6.07) is 3.05. The van der Waals surface area contributed by atoms with Gasteiger partial charge < -0.3 is 10.1 Å². The van der Waals surface area contributed by atoms with Crippen LogP contribution in [0.3, 0.4) is 0 Å². The number of nitrogens with zero attached hydrogens (tertiary/aromatic N) is 2. The number of unbranched alkanes of at least 4 members (excludes halogenated alkanes) is 1. The van der Waals surface area contributed by atoms with E-state index in [4.69, 9.17) is 4.74 Å². The molecule has 84 valence electrons. The molecule has 5 heteroatoms. The molecule has 0 spiro atoms.